The van der Waals surface area contributed by atoms with E-state index >= 15 is 0 Å². The number of hydrogen-bond donors (Lipinski definition) is 1. The average molecular weight is 336 g/mol. The third-order valence-corrected chi connectivity index (χ3v) is 3.63. The third kappa shape index (κ3) is 4.94. The van der Waals surface area contributed by atoms with Gasteiger partial charge in [-0.15, -0.1) is 0 Å². The summed E-state index contributed by atoms with van der Waals surface area (Å²) in [7, 11) is 0. The standard InChI is InChI=1S/C20H20N2O3/c1-15-7-9-18(10-8-15)24-12-11-21-19(23)13-17-14-25-20(22-17)16-5-3-2-4-6-16/h2-10,14H,11-13H2,1H3,(H,21,23). The number of aryl methyl sites for hydroxylation is 1. The second-order valence-corrected chi connectivity index (χ2v) is 5.70. The minimum Gasteiger partial charge on any atom is -0.492 e. The Morgan fingerprint density at radius 3 is 2.64 bits per heavy atom. The Hall–Kier alpha value is -3.08. The summed E-state index contributed by atoms with van der Waals surface area (Å²) < 4.78 is 11.0. The maximum atomic E-state index is 12.0. The molecular weight excluding hydrogens is 316 g/mol. The summed E-state index contributed by atoms with van der Waals surface area (Å²) in [4.78, 5) is 16.3. The lowest BCUT2D eigenvalue weighted by Crippen LogP contribution is -2.29. The fourth-order valence-electron chi connectivity index (χ4n) is 2.32. The first-order valence-corrected chi connectivity index (χ1v) is 8.17. The number of nitrogens with one attached hydrogen (secondary N) is 1. The minimum atomic E-state index is -0.111. The van der Waals surface area contributed by atoms with E-state index in [0.717, 1.165) is 11.3 Å². The minimum absolute atomic E-state index is 0.111. The van der Waals surface area contributed by atoms with E-state index < -0.39 is 0 Å². The van der Waals surface area contributed by atoms with Crippen LogP contribution >= 0.6 is 0 Å². The van der Waals surface area contributed by atoms with Crippen molar-refractivity contribution in [2.75, 3.05) is 13.2 Å². The molecule has 0 bridgehead atoms. The monoisotopic (exact) mass is 336 g/mol. The van der Waals surface area contributed by atoms with Crippen LogP contribution in [0.1, 0.15) is 11.3 Å². The lowest BCUT2D eigenvalue weighted by molar-refractivity contribution is -0.120. The molecule has 0 saturated heterocycles. The molecule has 1 N–H and O–H groups in total. The molecule has 1 aromatic heterocycles. The summed E-state index contributed by atoms with van der Waals surface area (Å²) >= 11 is 0. The van der Waals surface area contributed by atoms with Gasteiger partial charge in [0.15, 0.2) is 0 Å². The molecule has 5 heteroatoms. The van der Waals surface area contributed by atoms with Crippen LogP contribution in [0.2, 0.25) is 0 Å². The molecule has 2 aromatic carbocycles. The van der Waals surface area contributed by atoms with Crippen molar-refractivity contribution >= 4 is 5.91 Å². The highest BCUT2D eigenvalue weighted by atomic mass is 16.5. The predicted octanol–water partition coefficient (Wildman–Crippen LogP) is 3.39. The molecule has 3 aromatic rings. The lowest BCUT2D eigenvalue weighted by Gasteiger charge is -2.07. The van der Waals surface area contributed by atoms with Crippen LogP contribution in [0, 0.1) is 6.92 Å². The molecule has 1 amide bonds. The van der Waals surface area contributed by atoms with Gasteiger partial charge >= 0.3 is 0 Å². The largest absolute Gasteiger partial charge is 0.492 e. The zero-order valence-corrected chi connectivity index (χ0v) is 14.1. The van der Waals surface area contributed by atoms with E-state index in [4.69, 9.17) is 9.15 Å². The Morgan fingerprint density at radius 2 is 1.88 bits per heavy atom. The maximum Gasteiger partial charge on any atom is 0.226 e. The number of hydrogen-bond acceptors (Lipinski definition) is 4. The summed E-state index contributed by atoms with van der Waals surface area (Å²) in [6, 6.07) is 17.4. The Kier molecular flexibility index (Phi) is 5.46. The van der Waals surface area contributed by atoms with Gasteiger partial charge in [-0.05, 0) is 31.2 Å². The molecule has 0 fully saturated rings. The van der Waals surface area contributed by atoms with E-state index in [9.17, 15) is 4.79 Å². The first-order valence-electron chi connectivity index (χ1n) is 8.17. The number of oxazole rings is 1. The highest BCUT2D eigenvalue weighted by Gasteiger charge is 2.10. The molecule has 0 spiro atoms. The van der Waals surface area contributed by atoms with Crippen LogP contribution < -0.4 is 10.1 Å². The van der Waals surface area contributed by atoms with Gasteiger partial charge in [0.05, 0.1) is 18.7 Å². The van der Waals surface area contributed by atoms with Gasteiger partial charge < -0.3 is 14.5 Å². The van der Waals surface area contributed by atoms with Crippen molar-refractivity contribution in [3.8, 4) is 17.2 Å². The van der Waals surface area contributed by atoms with Crippen LogP contribution in [0.4, 0.5) is 0 Å². The number of amides is 1. The first-order chi connectivity index (χ1) is 12.2. The predicted molar refractivity (Wildman–Crippen MR) is 95.3 cm³/mol. The normalized spacial score (nSPS) is 10.4. The van der Waals surface area contributed by atoms with Crippen LogP contribution in [0.5, 0.6) is 5.75 Å². The van der Waals surface area contributed by atoms with E-state index in [-0.39, 0.29) is 12.3 Å². The number of aromatic nitrogens is 1. The number of ether oxygens (including phenoxy) is 1. The van der Waals surface area contributed by atoms with Crippen molar-refractivity contribution in [2.45, 2.75) is 13.3 Å². The van der Waals surface area contributed by atoms with Crippen LogP contribution in [0.3, 0.4) is 0 Å². The second-order valence-electron chi connectivity index (χ2n) is 5.70. The lowest BCUT2D eigenvalue weighted by atomic mass is 10.2. The molecule has 0 radical (unpaired) electrons. The third-order valence-electron chi connectivity index (χ3n) is 3.63. The smallest absolute Gasteiger partial charge is 0.226 e. The van der Waals surface area contributed by atoms with Gasteiger partial charge in [0.2, 0.25) is 11.8 Å². The molecule has 0 aliphatic rings. The molecule has 0 unspecified atom stereocenters. The van der Waals surface area contributed by atoms with Crippen LogP contribution in [-0.2, 0) is 11.2 Å². The van der Waals surface area contributed by atoms with Crippen molar-refractivity contribution in [3.05, 3.63) is 72.1 Å². The zero-order valence-electron chi connectivity index (χ0n) is 14.1. The Balaban J connectivity index is 1.42. The van der Waals surface area contributed by atoms with Gasteiger partial charge in [0.25, 0.3) is 0 Å². The van der Waals surface area contributed by atoms with Gasteiger partial charge in [-0.1, -0.05) is 35.9 Å². The average Bonchev–Trinajstić information content (AvgIpc) is 3.09. The van der Waals surface area contributed by atoms with Crippen LogP contribution in [0.25, 0.3) is 11.5 Å². The highest BCUT2D eigenvalue weighted by molar-refractivity contribution is 5.78. The number of carbonyl (C=O) groups excluding carboxylic acids is 1. The first kappa shape index (κ1) is 16.8. The number of benzene rings is 2. The number of carbonyl (C=O) groups is 1. The zero-order chi connectivity index (χ0) is 17.5. The van der Waals surface area contributed by atoms with Gasteiger partial charge in [0, 0.05) is 5.56 Å². The summed E-state index contributed by atoms with van der Waals surface area (Å²) in [6.07, 6.45) is 1.70. The summed E-state index contributed by atoms with van der Waals surface area (Å²) in [5.74, 6) is 1.20. The highest BCUT2D eigenvalue weighted by Crippen LogP contribution is 2.18. The van der Waals surface area contributed by atoms with Gasteiger partial charge in [0.1, 0.15) is 18.6 Å². The Bertz CT molecular complexity index is 810. The molecule has 0 saturated carbocycles. The maximum absolute atomic E-state index is 12.0. The van der Waals surface area contributed by atoms with E-state index in [1.165, 1.54) is 11.8 Å². The van der Waals surface area contributed by atoms with Gasteiger partial charge in [-0.2, -0.15) is 0 Å². The Labute approximate surface area is 146 Å². The molecule has 0 aliphatic heterocycles. The molecule has 3 rings (SSSR count). The molecule has 25 heavy (non-hydrogen) atoms. The number of rotatable bonds is 7. The van der Waals surface area contributed by atoms with Crippen molar-refractivity contribution < 1.29 is 13.9 Å². The fourth-order valence-corrected chi connectivity index (χ4v) is 2.32. The molecule has 0 atom stereocenters. The van der Waals surface area contributed by atoms with E-state index in [2.05, 4.69) is 10.3 Å². The van der Waals surface area contributed by atoms with Crippen molar-refractivity contribution in [2.24, 2.45) is 0 Å². The second kappa shape index (κ2) is 8.15. The van der Waals surface area contributed by atoms with Crippen molar-refractivity contribution in [3.63, 3.8) is 0 Å². The summed E-state index contributed by atoms with van der Waals surface area (Å²) in [6.45, 7) is 2.89. The summed E-state index contributed by atoms with van der Waals surface area (Å²) in [5.41, 5.74) is 2.68. The molecular formula is C20H20N2O3. The van der Waals surface area contributed by atoms with E-state index in [0.29, 0.717) is 24.7 Å². The molecule has 1 heterocycles. The summed E-state index contributed by atoms with van der Waals surface area (Å²) in [5, 5.41) is 2.82. The van der Waals surface area contributed by atoms with Crippen molar-refractivity contribution in [1.82, 2.24) is 10.3 Å². The topological polar surface area (TPSA) is 64.4 Å². The Morgan fingerprint density at radius 1 is 1.12 bits per heavy atom. The van der Waals surface area contributed by atoms with E-state index in [1.54, 1.807) is 0 Å². The van der Waals surface area contributed by atoms with Gasteiger partial charge in [-0.3, -0.25) is 4.79 Å². The van der Waals surface area contributed by atoms with Crippen LogP contribution in [0.15, 0.2) is 65.3 Å². The van der Waals surface area contributed by atoms with Crippen LogP contribution in [-0.4, -0.2) is 24.0 Å². The molecule has 0 aliphatic carbocycles. The molecule has 5 nitrogen and oxygen atoms in total. The fraction of sp³-hybridized carbons (Fsp3) is 0.200. The van der Waals surface area contributed by atoms with E-state index in [1.807, 2.05) is 61.5 Å². The quantitative estimate of drug-likeness (QED) is 0.672. The van der Waals surface area contributed by atoms with Crippen molar-refractivity contribution in [1.29, 1.82) is 0 Å². The molecule has 128 valence electrons. The SMILES string of the molecule is Cc1ccc(OCCNC(=O)Cc2coc(-c3ccccc3)n2)cc1. The number of nitrogens with zero attached hydrogens (tertiary/aromatic N) is 1. The van der Waals surface area contributed by atoms with Gasteiger partial charge in [-0.25, -0.2) is 4.98 Å².